The van der Waals surface area contributed by atoms with Crippen molar-refractivity contribution in [2.24, 2.45) is 0 Å². The van der Waals surface area contributed by atoms with Crippen LogP contribution in [0.5, 0.6) is 0 Å². The summed E-state index contributed by atoms with van der Waals surface area (Å²) < 4.78 is 0. The smallest absolute Gasteiger partial charge is 0.137 e. The molecule has 4 nitrogen and oxygen atoms in total. The van der Waals surface area contributed by atoms with Crippen molar-refractivity contribution in [3.8, 4) is 0 Å². The van der Waals surface area contributed by atoms with Crippen molar-refractivity contribution in [3.63, 3.8) is 0 Å². The summed E-state index contributed by atoms with van der Waals surface area (Å²) in [6.45, 7) is 6.44. The van der Waals surface area contributed by atoms with Gasteiger partial charge in [-0.15, -0.1) is 0 Å². The van der Waals surface area contributed by atoms with E-state index in [-0.39, 0.29) is 0 Å². The first-order chi connectivity index (χ1) is 8.58. The number of nitrogens with zero attached hydrogens (tertiary/aromatic N) is 3. The van der Waals surface area contributed by atoms with E-state index in [1.54, 1.807) is 0 Å². The zero-order valence-corrected chi connectivity index (χ0v) is 11.9. The van der Waals surface area contributed by atoms with Crippen LogP contribution in [0, 0.1) is 6.92 Å². The molecule has 1 fully saturated rings. The van der Waals surface area contributed by atoms with Crippen molar-refractivity contribution in [1.82, 2.24) is 9.97 Å². The number of anilines is 2. The molecule has 0 aliphatic heterocycles. The number of rotatable bonds is 5. The second-order valence-corrected chi connectivity index (χ2v) is 5.27. The summed E-state index contributed by atoms with van der Waals surface area (Å²) in [5.41, 5.74) is 7.04. The zero-order valence-electron chi connectivity index (χ0n) is 11.9. The minimum Gasteiger partial charge on any atom is -0.383 e. The lowest BCUT2D eigenvalue weighted by Gasteiger charge is -2.29. The summed E-state index contributed by atoms with van der Waals surface area (Å²) in [6.07, 6.45) is 4.65. The van der Waals surface area contributed by atoms with Crippen molar-refractivity contribution in [2.75, 3.05) is 17.7 Å². The van der Waals surface area contributed by atoms with Crippen LogP contribution in [0.25, 0.3) is 0 Å². The van der Waals surface area contributed by atoms with E-state index in [2.05, 4.69) is 30.8 Å². The highest BCUT2D eigenvalue weighted by atomic mass is 15.2. The van der Waals surface area contributed by atoms with Crippen molar-refractivity contribution in [3.05, 3.63) is 11.4 Å². The van der Waals surface area contributed by atoms with Gasteiger partial charge in [-0.3, -0.25) is 0 Å². The minimum atomic E-state index is 0.519. The second-order valence-electron chi connectivity index (χ2n) is 5.27. The monoisotopic (exact) mass is 248 g/mol. The number of nitrogen functional groups attached to an aromatic ring is 1. The van der Waals surface area contributed by atoms with Gasteiger partial charge in [-0.05, 0) is 32.6 Å². The molecule has 4 heteroatoms. The molecule has 0 bridgehead atoms. The number of hydrogen-bond acceptors (Lipinski definition) is 4. The van der Waals surface area contributed by atoms with E-state index < -0.39 is 0 Å². The lowest BCUT2D eigenvalue weighted by molar-refractivity contribution is 0.584. The van der Waals surface area contributed by atoms with E-state index in [1.165, 1.54) is 12.8 Å². The molecule has 1 heterocycles. The minimum absolute atomic E-state index is 0.519. The first kappa shape index (κ1) is 13.1. The summed E-state index contributed by atoms with van der Waals surface area (Å²) >= 11 is 0. The molecule has 0 atom stereocenters. The Hall–Kier alpha value is -1.32. The van der Waals surface area contributed by atoms with Crippen molar-refractivity contribution in [1.29, 1.82) is 0 Å². The largest absolute Gasteiger partial charge is 0.383 e. The summed E-state index contributed by atoms with van der Waals surface area (Å²) in [4.78, 5) is 11.4. The van der Waals surface area contributed by atoms with Crippen molar-refractivity contribution >= 4 is 11.6 Å². The highest BCUT2D eigenvalue weighted by molar-refractivity contribution is 5.57. The molecule has 0 unspecified atom stereocenters. The number of nitrogens with two attached hydrogens (primary N) is 1. The lowest BCUT2D eigenvalue weighted by atomic mass is 10.1. The quantitative estimate of drug-likeness (QED) is 0.870. The van der Waals surface area contributed by atoms with Crippen LogP contribution >= 0.6 is 0 Å². The molecule has 1 aliphatic carbocycles. The van der Waals surface area contributed by atoms with Crippen molar-refractivity contribution < 1.29 is 0 Å². The van der Waals surface area contributed by atoms with Crippen molar-refractivity contribution in [2.45, 2.75) is 58.4 Å². The fourth-order valence-electron chi connectivity index (χ4n) is 2.42. The molecule has 1 aromatic heterocycles. The Morgan fingerprint density at radius 1 is 1.28 bits per heavy atom. The molecule has 2 rings (SSSR count). The summed E-state index contributed by atoms with van der Waals surface area (Å²) in [6, 6.07) is 0.519. The molecule has 2 N–H and O–H groups in total. The van der Waals surface area contributed by atoms with Gasteiger partial charge >= 0.3 is 0 Å². The van der Waals surface area contributed by atoms with Gasteiger partial charge < -0.3 is 10.6 Å². The molecule has 1 saturated carbocycles. The molecule has 0 saturated heterocycles. The van der Waals surface area contributed by atoms with Gasteiger partial charge in [0.15, 0.2) is 0 Å². The first-order valence-electron chi connectivity index (χ1n) is 6.95. The fraction of sp³-hybridized carbons (Fsp3) is 0.714. The molecule has 0 spiro atoms. The molecule has 1 aromatic rings. The van der Waals surface area contributed by atoms with E-state index in [4.69, 9.17) is 10.7 Å². The maximum Gasteiger partial charge on any atom is 0.137 e. The summed E-state index contributed by atoms with van der Waals surface area (Å²) in [7, 11) is 2.11. The van der Waals surface area contributed by atoms with Gasteiger partial charge in [0.05, 0.1) is 0 Å². The molecule has 0 radical (unpaired) electrons. The average molecular weight is 248 g/mol. The van der Waals surface area contributed by atoms with Crippen LogP contribution in [-0.2, 0) is 0 Å². The molecule has 1 aliphatic rings. The number of hydrogen-bond donors (Lipinski definition) is 1. The van der Waals surface area contributed by atoms with Gasteiger partial charge in [0, 0.05) is 24.6 Å². The van der Waals surface area contributed by atoms with Gasteiger partial charge in [-0.1, -0.05) is 13.8 Å². The topological polar surface area (TPSA) is 55.0 Å². The highest BCUT2D eigenvalue weighted by Gasteiger charge is 2.29. The van der Waals surface area contributed by atoms with Gasteiger partial charge in [-0.2, -0.15) is 0 Å². The Balaban J connectivity index is 2.35. The first-order valence-corrected chi connectivity index (χ1v) is 6.95. The van der Waals surface area contributed by atoms with Gasteiger partial charge in [0.2, 0.25) is 0 Å². The summed E-state index contributed by atoms with van der Waals surface area (Å²) in [5, 5.41) is 0. The van der Waals surface area contributed by atoms with E-state index in [9.17, 15) is 0 Å². The van der Waals surface area contributed by atoms with Crippen LogP contribution < -0.4 is 10.6 Å². The molecule has 100 valence electrons. The van der Waals surface area contributed by atoms with Gasteiger partial charge in [-0.25, -0.2) is 9.97 Å². The maximum atomic E-state index is 6.03. The third-order valence-corrected chi connectivity index (χ3v) is 3.94. The highest BCUT2D eigenvalue weighted by Crippen LogP contribution is 2.39. The van der Waals surface area contributed by atoms with Crippen LogP contribution in [-0.4, -0.2) is 23.1 Å². The Morgan fingerprint density at radius 3 is 2.39 bits per heavy atom. The zero-order chi connectivity index (χ0) is 13.3. The van der Waals surface area contributed by atoms with Crippen LogP contribution in [0.4, 0.5) is 11.6 Å². The number of aromatic nitrogens is 2. The molecule has 0 aromatic carbocycles. The predicted octanol–water partition coefficient (Wildman–Crippen LogP) is 2.87. The normalized spacial score (nSPS) is 15.2. The molecular weight excluding hydrogens is 224 g/mol. The lowest BCUT2D eigenvalue weighted by Crippen LogP contribution is -2.32. The standard InChI is InChI=1S/C14H24N4/c1-5-11(6-2)18(4)14-9(3)12(15)16-13(17-14)10-7-8-10/h10-11H,5-8H2,1-4H3,(H2,15,16,17). The Labute approximate surface area is 110 Å². The fourth-order valence-corrected chi connectivity index (χ4v) is 2.42. The van der Waals surface area contributed by atoms with Crippen LogP contribution in [0.1, 0.15) is 56.8 Å². The maximum absolute atomic E-state index is 6.03. The van der Waals surface area contributed by atoms with E-state index >= 15 is 0 Å². The van der Waals surface area contributed by atoms with Gasteiger partial charge in [0.1, 0.15) is 17.5 Å². The predicted molar refractivity (Wildman–Crippen MR) is 75.9 cm³/mol. The van der Waals surface area contributed by atoms with Crippen LogP contribution in [0.15, 0.2) is 0 Å². The van der Waals surface area contributed by atoms with E-state index in [0.717, 1.165) is 30.0 Å². The SMILES string of the molecule is CCC(CC)N(C)c1nc(C2CC2)nc(N)c1C. The van der Waals surface area contributed by atoms with Crippen LogP contribution in [0.2, 0.25) is 0 Å². The second kappa shape index (κ2) is 5.12. The Kier molecular flexibility index (Phi) is 3.73. The average Bonchev–Trinajstić information content (AvgIpc) is 3.18. The summed E-state index contributed by atoms with van der Waals surface area (Å²) in [5.74, 6) is 3.13. The third-order valence-electron chi connectivity index (χ3n) is 3.94. The molecule has 0 amide bonds. The van der Waals surface area contributed by atoms with Crippen LogP contribution in [0.3, 0.4) is 0 Å². The van der Waals surface area contributed by atoms with Gasteiger partial charge in [0.25, 0.3) is 0 Å². The Bertz CT molecular complexity index is 422. The Morgan fingerprint density at radius 2 is 1.89 bits per heavy atom. The molecular formula is C14H24N4. The van der Waals surface area contributed by atoms with E-state index in [0.29, 0.717) is 17.8 Å². The third kappa shape index (κ3) is 2.42. The van der Waals surface area contributed by atoms with E-state index in [1.807, 2.05) is 6.92 Å². The molecule has 18 heavy (non-hydrogen) atoms.